The van der Waals surface area contributed by atoms with Gasteiger partial charge in [-0.2, -0.15) is 0 Å². The van der Waals surface area contributed by atoms with Crippen LogP contribution < -0.4 is 0 Å². The second-order valence-electron chi connectivity index (χ2n) is 5.89. The first-order valence-electron chi connectivity index (χ1n) is 7.45. The van der Waals surface area contributed by atoms with Gasteiger partial charge >= 0.3 is 0 Å². The summed E-state index contributed by atoms with van der Waals surface area (Å²) >= 11 is 5.46. The molecular weight excluding hydrogens is 264 g/mol. The monoisotopic (exact) mass is 288 g/mol. The van der Waals surface area contributed by atoms with Gasteiger partial charge in [0.05, 0.1) is 5.69 Å². The molecule has 0 aliphatic carbocycles. The molecule has 0 bridgehead atoms. The van der Waals surface area contributed by atoms with Crippen molar-refractivity contribution in [3.05, 3.63) is 41.3 Å². The molecule has 2 rings (SSSR count). The van der Waals surface area contributed by atoms with E-state index in [-0.39, 0.29) is 0 Å². The summed E-state index contributed by atoms with van der Waals surface area (Å²) in [6, 6.07) is 10.9. The van der Waals surface area contributed by atoms with Crippen molar-refractivity contribution >= 4 is 12.2 Å². The van der Waals surface area contributed by atoms with Crippen LogP contribution in [0, 0.1) is 10.7 Å². The molecule has 1 atom stereocenters. The van der Waals surface area contributed by atoms with Crippen molar-refractivity contribution < 1.29 is 0 Å². The Balaban J connectivity index is 2.19. The zero-order valence-corrected chi connectivity index (χ0v) is 13.4. The zero-order chi connectivity index (χ0) is 14.5. The summed E-state index contributed by atoms with van der Waals surface area (Å²) in [5.74, 6) is 0.773. The third-order valence-electron chi connectivity index (χ3n) is 3.72. The predicted octanol–water partition coefficient (Wildman–Crippen LogP) is 5.60. The second kappa shape index (κ2) is 6.89. The molecule has 108 valence electrons. The van der Waals surface area contributed by atoms with Gasteiger partial charge in [-0.1, -0.05) is 57.0 Å². The number of benzene rings is 1. The lowest BCUT2D eigenvalue weighted by molar-refractivity contribution is 0.446. The topological polar surface area (TPSA) is 20.7 Å². The molecule has 3 heteroatoms. The van der Waals surface area contributed by atoms with Crippen molar-refractivity contribution in [2.45, 2.75) is 46.1 Å². The fourth-order valence-corrected chi connectivity index (χ4v) is 2.94. The smallest absolute Gasteiger partial charge is 0.177 e. The number of H-pyrrole nitrogens is 1. The number of nitrogens with one attached hydrogen (secondary N) is 1. The Labute approximate surface area is 126 Å². The zero-order valence-electron chi connectivity index (χ0n) is 12.6. The fraction of sp³-hybridized carbons (Fsp3) is 0.471. The molecule has 0 aliphatic rings. The van der Waals surface area contributed by atoms with E-state index in [9.17, 15) is 0 Å². The average Bonchev–Trinajstić information content (AvgIpc) is 2.81. The van der Waals surface area contributed by atoms with Gasteiger partial charge in [-0.3, -0.25) is 0 Å². The summed E-state index contributed by atoms with van der Waals surface area (Å²) in [5, 5.41) is 0. The molecule has 1 N–H and O–H groups in total. The van der Waals surface area contributed by atoms with E-state index in [1.54, 1.807) is 0 Å². The van der Waals surface area contributed by atoms with Crippen LogP contribution in [0.25, 0.3) is 11.3 Å². The highest BCUT2D eigenvalue weighted by Gasteiger charge is 2.12. The minimum atomic E-state index is 0.433. The summed E-state index contributed by atoms with van der Waals surface area (Å²) in [5.41, 5.74) is 2.41. The number of rotatable bonds is 6. The van der Waals surface area contributed by atoms with Gasteiger partial charge in [0.25, 0.3) is 0 Å². The van der Waals surface area contributed by atoms with Gasteiger partial charge in [-0.15, -0.1) is 0 Å². The largest absolute Gasteiger partial charge is 0.337 e. The number of aromatic nitrogens is 2. The van der Waals surface area contributed by atoms with E-state index in [1.807, 2.05) is 12.3 Å². The van der Waals surface area contributed by atoms with Crippen LogP contribution in [0.5, 0.6) is 0 Å². The van der Waals surface area contributed by atoms with Crippen molar-refractivity contribution in [3.63, 3.8) is 0 Å². The SMILES string of the molecule is CC(C)CCCC(C)n1c(-c2ccccc2)c[nH]c1=S. The predicted molar refractivity (Wildman–Crippen MR) is 88.5 cm³/mol. The summed E-state index contributed by atoms with van der Waals surface area (Å²) in [6.07, 6.45) is 5.73. The Kier molecular flexibility index (Phi) is 5.18. The summed E-state index contributed by atoms with van der Waals surface area (Å²) in [4.78, 5) is 3.19. The third kappa shape index (κ3) is 3.60. The lowest BCUT2D eigenvalue weighted by atomic mass is 10.0. The quantitative estimate of drug-likeness (QED) is 0.686. The molecule has 0 amide bonds. The van der Waals surface area contributed by atoms with Crippen LogP contribution >= 0.6 is 12.2 Å². The first kappa shape index (κ1) is 15.0. The molecule has 0 aliphatic heterocycles. The average molecular weight is 288 g/mol. The lowest BCUT2D eigenvalue weighted by Crippen LogP contribution is -2.07. The molecule has 0 radical (unpaired) electrons. The van der Waals surface area contributed by atoms with Crippen LogP contribution in [0.15, 0.2) is 36.5 Å². The molecule has 0 saturated heterocycles. The lowest BCUT2D eigenvalue weighted by Gasteiger charge is -2.17. The highest BCUT2D eigenvalue weighted by molar-refractivity contribution is 7.71. The normalized spacial score (nSPS) is 12.8. The maximum absolute atomic E-state index is 5.46. The molecule has 0 spiro atoms. The molecule has 1 unspecified atom stereocenters. The van der Waals surface area contributed by atoms with Gasteiger partial charge in [0.2, 0.25) is 0 Å². The molecule has 1 aromatic heterocycles. The van der Waals surface area contributed by atoms with E-state index in [2.05, 4.69) is 54.6 Å². The van der Waals surface area contributed by atoms with Crippen molar-refractivity contribution in [1.29, 1.82) is 0 Å². The standard InChI is InChI=1S/C17H24N2S/c1-13(2)8-7-9-14(3)19-16(12-18-17(19)20)15-10-5-4-6-11-15/h4-6,10-14H,7-9H2,1-3H3,(H,18,20). The molecule has 0 saturated carbocycles. The van der Waals surface area contributed by atoms with E-state index in [0.29, 0.717) is 6.04 Å². The Morgan fingerprint density at radius 1 is 1.10 bits per heavy atom. The minimum absolute atomic E-state index is 0.433. The molecule has 20 heavy (non-hydrogen) atoms. The van der Waals surface area contributed by atoms with E-state index >= 15 is 0 Å². The van der Waals surface area contributed by atoms with Crippen molar-refractivity contribution in [1.82, 2.24) is 9.55 Å². The van der Waals surface area contributed by atoms with Gasteiger partial charge < -0.3 is 9.55 Å². The Morgan fingerprint density at radius 2 is 1.80 bits per heavy atom. The van der Waals surface area contributed by atoms with Gasteiger partial charge in [0.1, 0.15) is 0 Å². The van der Waals surface area contributed by atoms with Gasteiger partial charge in [-0.05, 0) is 37.0 Å². The third-order valence-corrected chi connectivity index (χ3v) is 4.04. The molecule has 0 fully saturated rings. The van der Waals surface area contributed by atoms with E-state index in [4.69, 9.17) is 12.2 Å². The number of imidazole rings is 1. The van der Waals surface area contributed by atoms with Gasteiger partial charge in [0.15, 0.2) is 4.77 Å². The van der Waals surface area contributed by atoms with Gasteiger partial charge in [-0.25, -0.2) is 0 Å². The first-order chi connectivity index (χ1) is 9.59. The number of aromatic amines is 1. The molecule has 2 aromatic rings. The number of nitrogens with zero attached hydrogens (tertiary/aromatic N) is 1. The van der Waals surface area contributed by atoms with E-state index < -0.39 is 0 Å². The van der Waals surface area contributed by atoms with Gasteiger partial charge in [0, 0.05) is 12.2 Å². The maximum atomic E-state index is 5.46. The Morgan fingerprint density at radius 3 is 2.45 bits per heavy atom. The van der Waals surface area contributed by atoms with Crippen LogP contribution in [-0.4, -0.2) is 9.55 Å². The highest BCUT2D eigenvalue weighted by atomic mass is 32.1. The van der Waals surface area contributed by atoms with Crippen LogP contribution in [-0.2, 0) is 0 Å². The Hall–Kier alpha value is -1.35. The summed E-state index contributed by atoms with van der Waals surface area (Å²) in [6.45, 7) is 6.82. The number of hydrogen-bond acceptors (Lipinski definition) is 1. The molecular formula is C17H24N2S. The van der Waals surface area contributed by atoms with Crippen LogP contribution in [0.4, 0.5) is 0 Å². The van der Waals surface area contributed by atoms with Crippen LogP contribution in [0.2, 0.25) is 0 Å². The summed E-state index contributed by atoms with van der Waals surface area (Å²) in [7, 11) is 0. The molecule has 1 heterocycles. The van der Waals surface area contributed by atoms with Crippen LogP contribution in [0.3, 0.4) is 0 Å². The van der Waals surface area contributed by atoms with Crippen molar-refractivity contribution in [2.75, 3.05) is 0 Å². The maximum Gasteiger partial charge on any atom is 0.177 e. The molecule has 2 nitrogen and oxygen atoms in total. The Bertz CT molecular complexity index is 581. The van der Waals surface area contributed by atoms with E-state index in [1.165, 1.54) is 30.5 Å². The van der Waals surface area contributed by atoms with Crippen LogP contribution in [0.1, 0.15) is 46.1 Å². The van der Waals surface area contributed by atoms with Crippen molar-refractivity contribution in [3.8, 4) is 11.3 Å². The number of hydrogen-bond donors (Lipinski definition) is 1. The minimum Gasteiger partial charge on any atom is -0.337 e. The van der Waals surface area contributed by atoms with E-state index in [0.717, 1.165) is 10.7 Å². The fourth-order valence-electron chi connectivity index (χ4n) is 2.60. The molecule has 1 aromatic carbocycles. The second-order valence-corrected chi connectivity index (χ2v) is 6.28. The van der Waals surface area contributed by atoms with Crippen molar-refractivity contribution in [2.24, 2.45) is 5.92 Å². The first-order valence-corrected chi connectivity index (χ1v) is 7.85. The highest BCUT2D eigenvalue weighted by Crippen LogP contribution is 2.26. The summed E-state index contributed by atoms with van der Waals surface area (Å²) < 4.78 is 3.08.